The standard InChI is InChI=1S/C19H19N5O5S/c1-22-16-7-3-2-6-14(16)18(19(22)25)21-20-15-9-8-13(24(26)27)12-17(15)30(28,29)23-10-4-5-11-23/h2-3,6-9,12,25H,4-5,10-11H2,1H3. The van der Waals surface area contributed by atoms with Crippen molar-refractivity contribution < 1.29 is 18.4 Å². The van der Waals surface area contributed by atoms with E-state index in [0.717, 1.165) is 24.4 Å². The lowest BCUT2D eigenvalue weighted by Gasteiger charge is -2.16. The zero-order chi connectivity index (χ0) is 21.5. The summed E-state index contributed by atoms with van der Waals surface area (Å²) in [4.78, 5) is 10.3. The number of hydrogen-bond acceptors (Lipinski definition) is 7. The number of rotatable bonds is 5. The first kappa shape index (κ1) is 20.0. The quantitative estimate of drug-likeness (QED) is 0.372. The molecule has 11 heteroatoms. The Bertz CT molecular complexity index is 1280. The Morgan fingerprint density at radius 2 is 1.80 bits per heavy atom. The van der Waals surface area contributed by atoms with Crippen LogP contribution >= 0.6 is 0 Å². The van der Waals surface area contributed by atoms with Crippen molar-refractivity contribution in [2.45, 2.75) is 17.7 Å². The van der Waals surface area contributed by atoms with Gasteiger partial charge in [-0.05, 0) is 25.0 Å². The summed E-state index contributed by atoms with van der Waals surface area (Å²) in [5.41, 5.74) is 0.549. The summed E-state index contributed by atoms with van der Waals surface area (Å²) in [6.45, 7) is 0.706. The average Bonchev–Trinajstić information content (AvgIpc) is 3.36. The van der Waals surface area contributed by atoms with Gasteiger partial charge in [0.25, 0.3) is 5.69 Å². The lowest BCUT2D eigenvalue weighted by molar-refractivity contribution is -0.385. The van der Waals surface area contributed by atoms with E-state index in [1.807, 2.05) is 12.1 Å². The number of nitro benzene ring substituents is 1. The monoisotopic (exact) mass is 429 g/mol. The van der Waals surface area contributed by atoms with Gasteiger partial charge >= 0.3 is 0 Å². The van der Waals surface area contributed by atoms with Crippen molar-refractivity contribution in [1.29, 1.82) is 0 Å². The lowest BCUT2D eigenvalue weighted by atomic mass is 10.2. The van der Waals surface area contributed by atoms with E-state index in [0.29, 0.717) is 18.5 Å². The number of sulfonamides is 1. The van der Waals surface area contributed by atoms with Crippen molar-refractivity contribution in [2.24, 2.45) is 17.3 Å². The molecule has 0 atom stereocenters. The second kappa shape index (κ2) is 7.50. The Labute approximate surface area is 172 Å². The largest absolute Gasteiger partial charge is 0.493 e. The van der Waals surface area contributed by atoms with Crippen LogP contribution in [-0.4, -0.2) is 40.4 Å². The summed E-state index contributed by atoms with van der Waals surface area (Å²) in [6.07, 6.45) is 1.46. The highest BCUT2D eigenvalue weighted by Gasteiger charge is 2.31. The zero-order valence-corrected chi connectivity index (χ0v) is 16.9. The normalized spacial score (nSPS) is 15.4. The van der Waals surface area contributed by atoms with E-state index >= 15 is 0 Å². The summed E-state index contributed by atoms with van der Waals surface area (Å²) < 4.78 is 29.0. The average molecular weight is 429 g/mol. The van der Waals surface area contributed by atoms with Crippen LogP contribution in [0.4, 0.5) is 17.1 Å². The van der Waals surface area contributed by atoms with E-state index in [4.69, 9.17) is 0 Å². The number of aryl methyl sites for hydroxylation is 1. The highest BCUT2D eigenvalue weighted by molar-refractivity contribution is 7.89. The molecule has 2 heterocycles. The van der Waals surface area contributed by atoms with Gasteiger partial charge in [0.2, 0.25) is 15.9 Å². The first-order chi connectivity index (χ1) is 14.3. The topological polar surface area (TPSA) is 130 Å². The van der Waals surface area contributed by atoms with E-state index in [1.165, 1.54) is 16.4 Å². The van der Waals surface area contributed by atoms with Gasteiger partial charge in [-0.15, -0.1) is 10.2 Å². The maximum atomic E-state index is 13.1. The molecule has 0 saturated carbocycles. The van der Waals surface area contributed by atoms with Gasteiger partial charge in [0, 0.05) is 37.7 Å². The zero-order valence-electron chi connectivity index (χ0n) is 16.1. The van der Waals surface area contributed by atoms with Gasteiger partial charge in [-0.3, -0.25) is 10.1 Å². The molecule has 1 fully saturated rings. The van der Waals surface area contributed by atoms with Gasteiger partial charge in [-0.1, -0.05) is 18.2 Å². The SMILES string of the molecule is Cn1c(O)c(N=Nc2ccc([N+](=O)[O-])cc2S(=O)(=O)N2CCCC2)c2ccccc21. The molecule has 4 rings (SSSR count). The van der Waals surface area contributed by atoms with E-state index in [1.54, 1.807) is 23.7 Å². The van der Waals surface area contributed by atoms with Gasteiger partial charge in [-0.2, -0.15) is 4.31 Å². The van der Waals surface area contributed by atoms with Crippen LogP contribution in [0.2, 0.25) is 0 Å². The number of azo groups is 1. The highest BCUT2D eigenvalue weighted by Crippen LogP contribution is 2.40. The Morgan fingerprint density at radius 3 is 2.50 bits per heavy atom. The fourth-order valence-electron chi connectivity index (χ4n) is 3.54. The van der Waals surface area contributed by atoms with Crippen LogP contribution in [0.3, 0.4) is 0 Å². The summed E-state index contributed by atoms with van der Waals surface area (Å²) in [7, 11) is -2.30. The second-order valence-electron chi connectivity index (χ2n) is 6.97. The molecule has 1 aromatic heterocycles. The van der Waals surface area contributed by atoms with Crippen molar-refractivity contribution in [3.63, 3.8) is 0 Å². The smallest absolute Gasteiger partial charge is 0.270 e. The molecule has 1 aliphatic rings. The number of aromatic hydroxyl groups is 1. The molecule has 0 unspecified atom stereocenters. The van der Waals surface area contributed by atoms with E-state index < -0.39 is 14.9 Å². The third-order valence-corrected chi connectivity index (χ3v) is 7.07. The molecule has 1 N–H and O–H groups in total. The van der Waals surface area contributed by atoms with Gasteiger partial charge in [0.15, 0.2) is 5.69 Å². The number of benzene rings is 2. The number of nitrogens with zero attached hydrogens (tertiary/aromatic N) is 5. The Hall–Kier alpha value is -3.31. The minimum Gasteiger partial charge on any atom is -0.493 e. The fraction of sp³-hybridized carbons (Fsp3) is 0.263. The van der Waals surface area contributed by atoms with Crippen LogP contribution in [0.25, 0.3) is 10.9 Å². The highest BCUT2D eigenvalue weighted by atomic mass is 32.2. The predicted octanol–water partition coefficient (Wildman–Crippen LogP) is 3.99. The molecular weight excluding hydrogens is 410 g/mol. The summed E-state index contributed by atoms with van der Waals surface area (Å²) in [5, 5.41) is 30.4. The minimum atomic E-state index is -3.97. The molecule has 1 saturated heterocycles. The number of non-ortho nitro benzene ring substituents is 1. The minimum absolute atomic E-state index is 0.0279. The summed E-state index contributed by atoms with van der Waals surface area (Å²) >= 11 is 0. The Balaban J connectivity index is 1.84. The van der Waals surface area contributed by atoms with Crippen LogP contribution in [0.15, 0.2) is 57.6 Å². The van der Waals surface area contributed by atoms with Crippen LogP contribution < -0.4 is 0 Å². The third kappa shape index (κ3) is 3.31. The summed E-state index contributed by atoms with van der Waals surface area (Å²) in [5.74, 6) is -0.120. The van der Waals surface area contributed by atoms with Gasteiger partial charge < -0.3 is 9.67 Å². The van der Waals surface area contributed by atoms with Crippen LogP contribution in [0.5, 0.6) is 5.88 Å². The van der Waals surface area contributed by atoms with Crippen LogP contribution in [0, 0.1) is 10.1 Å². The van der Waals surface area contributed by atoms with E-state index in [9.17, 15) is 23.6 Å². The number of nitro groups is 1. The molecule has 3 aromatic rings. The van der Waals surface area contributed by atoms with Crippen LogP contribution in [0.1, 0.15) is 12.8 Å². The van der Waals surface area contributed by atoms with Crippen molar-refractivity contribution in [2.75, 3.05) is 13.1 Å². The molecule has 0 amide bonds. The molecule has 2 aromatic carbocycles. The summed E-state index contributed by atoms with van der Waals surface area (Å²) in [6, 6.07) is 10.6. The first-order valence-corrected chi connectivity index (χ1v) is 10.7. The molecule has 0 bridgehead atoms. The number of fused-ring (bicyclic) bond motifs is 1. The number of para-hydroxylation sites is 1. The van der Waals surface area contributed by atoms with Gasteiger partial charge in [0.05, 0.1) is 10.4 Å². The molecular formula is C19H19N5O5S. The lowest BCUT2D eigenvalue weighted by Crippen LogP contribution is -2.28. The molecule has 1 aliphatic heterocycles. The maximum Gasteiger partial charge on any atom is 0.270 e. The van der Waals surface area contributed by atoms with E-state index in [-0.39, 0.29) is 27.8 Å². The molecule has 0 aliphatic carbocycles. The van der Waals surface area contributed by atoms with Gasteiger partial charge in [-0.25, -0.2) is 8.42 Å². The Kier molecular flexibility index (Phi) is 5.00. The molecule has 10 nitrogen and oxygen atoms in total. The third-order valence-electron chi connectivity index (χ3n) is 5.14. The van der Waals surface area contributed by atoms with Crippen molar-refractivity contribution in [3.8, 4) is 5.88 Å². The Morgan fingerprint density at radius 1 is 1.10 bits per heavy atom. The van der Waals surface area contributed by atoms with Crippen LogP contribution in [-0.2, 0) is 17.1 Å². The van der Waals surface area contributed by atoms with Crippen molar-refractivity contribution >= 4 is 38.0 Å². The number of aromatic nitrogens is 1. The van der Waals surface area contributed by atoms with Crippen molar-refractivity contribution in [1.82, 2.24) is 8.87 Å². The fourth-order valence-corrected chi connectivity index (χ4v) is 5.20. The first-order valence-electron chi connectivity index (χ1n) is 9.27. The molecule has 0 radical (unpaired) electrons. The number of hydrogen-bond donors (Lipinski definition) is 1. The van der Waals surface area contributed by atoms with E-state index in [2.05, 4.69) is 10.2 Å². The van der Waals surface area contributed by atoms with Crippen molar-refractivity contribution in [3.05, 3.63) is 52.6 Å². The molecule has 30 heavy (non-hydrogen) atoms. The maximum absolute atomic E-state index is 13.1. The second-order valence-corrected chi connectivity index (χ2v) is 8.88. The molecule has 0 spiro atoms. The van der Waals surface area contributed by atoms with Gasteiger partial charge in [0.1, 0.15) is 10.6 Å². The predicted molar refractivity (Wildman–Crippen MR) is 110 cm³/mol. The molecule has 156 valence electrons.